The van der Waals surface area contributed by atoms with E-state index in [1.54, 1.807) is 31.4 Å². The van der Waals surface area contributed by atoms with Gasteiger partial charge in [-0.15, -0.1) is 0 Å². The van der Waals surface area contributed by atoms with Gasteiger partial charge in [-0.25, -0.2) is 4.79 Å². The Balaban J connectivity index is 2.39. The second kappa shape index (κ2) is 6.03. The lowest BCUT2D eigenvalue weighted by Gasteiger charge is -2.05. The quantitative estimate of drug-likeness (QED) is 0.702. The minimum absolute atomic E-state index is 0.303. The summed E-state index contributed by atoms with van der Waals surface area (Å²) in [6.07, 6.45) is 0.928. The smallest absolute Gasteiger partial charge is 0.335 e. The molecule has 0 radical (unpaired) electrons. The molecule has 0 aliphatic carbocycles. The number of aromatic carboxylic acids is 1. The van der Waals surface area contributed by atoms with Crippen LogP contribution in [0.3, 0.4) is 0 Å². The van der Waals surface area contributed by atoms with Crippen molar-refractivity contribution >= 4 is 11.7 Å². The monoisotopic (exact) mass is 209 g/mol. The number of hydrogen-bond donors (Lipinski definition) is 2. The van der Waals surface area contributed by atoms with Crippen LogP contribution in [0, 0.1) is 0 Å². The number of hydrogen-bond acceptors (Lipinski definition) is 3. The summed E-state index contributed by atoms with van der Waals surface area (Å²) in [5, 5.41) is 11.9. The highest BCUT2D eigenvalue weighted by Gasteiger charge is 2.00. The summed E-state index contributed by atoms with van der Waals surface area (Å²) >= 11 is 0. The topological polar surface area (TPSA) is 58.6 Å². The van der Waals surface area contributed by atoms with Gasteiger partial charge in [-0.1, -0.05) is 0 Å². The van der Waals surface area contributed by atoms with E-state index in [-0.39, 0.29) is 0 Å². The maximum Gasteiger partial charge on any atom is 0.335 e. The van der Waals surface area contributed by atoms with Crippen LogP contribution in [0.4, 0.5) is 5.69 Å². The van der Waals surface area contributed by atoms with Gasteiger partial charge in [0.25, 0.3) is 0 Å². The van der Waals surface area contributed by atoms with Crippen molar-refractivity contribution < 1.29 is 14.6 Å². The molecule has 0 aliphatic heterocycles. The first kappa shape index (κ1) is 11.5. The molecule has 1 aromatic rings. The zero-order valence-corrected chi connectivity index (χ0v) is 8.69. The molecule has 4 heteroatoms. The molecule has 0 aromatic heterocycles. The van der Waals surface area contributed by atoms with Crippen LogP contribution in [0.1, 0.15) is 16.8 Å². The maximum atomic E-state index is 10.6. The molecule has 82 valence electrons. The highest BCUT2D eigenvalue weighted by molar-refractivity contribution is 5.87. The van der Waals surface area contributed by atoms with E-state index in [0.717, 1.165) is 25.3 Å². The number of anilines is 1. The van der Waals surface area contributed by atoms with Crippen molar-refractivity contribution in [2.45, 2.75) is 6.42 Å². The summed E-state index contributed by atoms with van der Waals surface area (Å²) in [5.74, 6) is -0.902. The van der Waals surface area contributed by atoms with Gasteiger partial charge in [0.05, 0.1) is 5.56 Å². The van der Waals surface area contributed by atoms with Crippen LogP contribution in [0.15, 0.2) is 24.3 Å². The van der Waals surface area contributed by atoms with Crippen molar-refractivity contribution in [2.24, 2.45) is 0 Å². The fourth-order valence-corrected chi connectivity index (χ4v) is 1.18. The molecule has 2 N–H and O–H groups in total. The molecule has 0 saturated heterocycles. The van der Waals surface area contributed by atoms with Crippen molar-refractivity contribution in [1.29, 1.82) is 0 Å². The third-order valence-electron chi connectivity index (χ3n) is 1.99. The third-order valence-corrected chi connectivity index (χ3v) is 1.99. The highest BCUT2D eigenvalue weighted by atomic mass is 16.5. The number of methoxy groups -OCH3 is 1. The zero-order chi connectivity index (χ0) is 11.1. The Hall–Kier alpha value is -1.55. The minimum atomic E-state index is -0.902. The predicted octanol–water partition coefficient (Wildman–Crippen LogP) is 1.83. The fourth-order valence-electron chi connectivity index (χ4n) is 1.18. The van der Waals surface area contributed by atoms with Crippen molar-refractivity contribution in [3.8, 4) is 0 Å². The number of carbonyl (C=O) groups is 1. The summed E-state index contributed by atoms with van der Waals surface area (Å²) in [6, 6.07) is 6.69. The van der Waals surface area contributed by atoms with E-state index in [1.807, 2.05) is 0 Å². The van der Waals surface area contributed by atoms with Crippen LogP contribution in [0.25, 0.3) is 0 Å². The van der Waals surface area contributed by atoms with Gasteiger partial charge in [-0.3, -0.25) is 0 Å². The van der Waals surface area contributed by atoms with Crippen LogP contribution in [0.5, 0.6) is 0 Å². The summed E-state index contributed by atoms with van der Waals surface area (Å²) in [4.78, 5) is 10.6. The SMILES string of the molecule is COCCCNc1ccc(C(=O)O)cc1. The van der Waals surface area contributed by atoms with Gasteiger partial charge in [0.1, 0.15) is 0 Å². The van der Waals surface area contributed by atoms with Crippen LogP contribution >= 0.6 is 0 Å². The van der Waals surface area contributed by atoms with Gasteiger partial charge in [-0.2, -0.15) is 0 Å². The molecule has 0 bridgehead atoms. The number of carboxylic acid groups (broad SMARTS) is 1. The van der Waals surface area contributed by atoms with Gasteiger partial charge >= 0.3 is 5.97 Å². The summed E-state index contributed by atoms with van der Waals surface area (Å²) < 4.78 is 4.91. The molecule has 0 spiro atoms. The summed E-state index contributed by atoms with van der Waals surface area (Å²) in [6.45, 7) is 1.54. The largest absolute Gasteiger partial charge is 0.478 e. The Morgan fingerprint density at radius 1 is 1.40 bits per heavy atom. The van der Waals surface area contributed by atoms with Crippen LogP contribution in [0.2, 0.25) is 0 Å². The van der Waals surface area contributed by atoms with Gasteiger partial charge in [0.2, 0.25) is 0 Å². The second-order valence-corrected chi connectivity index (χ2v) is 3.16. The second-order valence-electron chi connectivity index (χ2n) is 3.16. The van der Waals surface area contributed by atoms with E-state index >= 15 is 0 Å². The zero-order valence-electron chi connectivity index (χ0n) is 8.69. The molecule has 0 unspecified atom stereocenters. The molecule has 15 heavy (non-hydrogen) atoms. The predicted molar refractivity (Wildman–Crippen MR) is 58.4 cm³/mol. The Kier molecular flexibility index (Phi) is 4.63. The van der Waals surface area contributed by atoms with Crippen LogP contribution in [-0.4, -0.2) is 31.3 Å². The van der Waals surface area contributed by atoms with Crippen molar-refractivity contribution in [3.05, 3.63) is 29.8 Å². The molecular formula is C11H15NO3. The Labute approximate surface area is 88.9 Å². The van der Waals surface area contributed by atoms with E-state index in [9.17, 15) is 4.79 Å². The van der Waals surface area contributed by atoms with Crippen molar-refractivity contribution in [1.82, 2.24) is 0 Å². The molecule has 0 amide bonds. The maximum absolute atomic E-state index is 10.6. The number of nitrogens with one attached hydrogen (secondary N) is 1. The van der Waals surface area contributed by atoms with Gasteiger partial charge < -0.3 is 15.2 Å². The molecule has 0 saturated carbocycles. The first-order valence-corrected chi connectivity index (χ1v) is 4.80. The summed E-state index contributed by atoms with van der Waals surface area (Å²) in [5.41, 5.74) is 1.23. The van der Waals surface area contributed by atoms with E-state index in [0.29, 0.717) is 5.56 Å². The minimum Gasteiger partial charge on any atom is -0.478 e. The van der Waals surface area contributed by atoms with Gasteiger partial charge in [0, 0.05) is 25.9 Å². The molecule has 0 fully saturated rings. The number of ether oxygens (including phenoxy) is 1. The first-order chi connectivity index (χ1) is 7.24. The van der Waals surface area contributed by atoms with E-state index in [1.165, 1.54) is 0 Å². The molecular weight excluding hydrogens is 194 g/mol. The number of benzene rings is 1. The van der Waals surface area contributed by atoms with Crippen molar-refractivity contribution in [2.75, 3.05) is 25.6 Å². The van der Waals surface area contributed by atoms with Gasteiger partial charge in [0.15, 0.2) is 0 Å². The van der Waals surface area contributed by atoms with Crippen LogP contribution in [-0.2, 0) is 4.74 Å². The number of carboxylic acids is 1. The standard InChI is InChI=1S/C11H15NO3/c1-15-8-2-7-12-10-5-3-9(4-6-10)11(13)14/h3-6,12H,2,7-8H2,1H3,(H,13,14). The van der Waals surface area contributed by atoms with E-state index < -0.39 is 5.97 Å². The Morgan fingerprint density at radius 3 is 2.60 bits per heavy atom. The van der Waals surface area contributed by atoms with Crippen LogP contribution < -0.4 is 5.32 Å². The number of rotatable bonds is 6. The molecule has 1 rings (SSSR count). The summed E-state index contributed by atoms with van der Waals surface area (Å²) in [7, 11) is 1.67. The molecule has 0 atom stereocenters. The van der Waals surface area contributed by atoms with E-state index in [2.05, 4.69) is 5.32 Å². The Bertz CT molecular complexity index is 308. The third kappa shape index (κ3) is 3.99. The molecule has 0 heterocycles. The molecule has 0 aliphatic rings. The Morgan fingerprint density at radius 2 is 2.07 bits per heavy atom. The lowest BCUT2D eigenvalue weighted by Crippen LogP contribution is -2.04. The highest BCUT2D eigenvalue weighted by Crippen LogP contribution is 2.09. The average Bonchev–Trinajstić information content (AvgIpc) is 2.25. The fraction of sp³-hybridized carbons (Fsp3) is 0.364. The molecule has 1 aromatic carbocycles. The average molecular weight is 209 g/mol. The normalized spacial score (nSPS) is 9.93. The lowest BCUT2D eigenvalue weighted by molar-refractivity contribution is 0.0697. The molecule has 4 nitrogen and oxygen atoms in total. The first-order valence-electron chi connectivity index (χ1n) is 4.80. The van der Waals surface area contributed by atoms with Gasteiger partial charge in [-0.05, 0) is 30.7 Å². The lowest BCUT2D eigenvalue weighted by atomic mass is 10.2. The van der Waals surface area contributed by atoms with Crippen molar-refractivity contribution in [3.63, 3.8) is 0 Å². The van der Waals surface area contributed by atoms with E-state index in [4.69, 9.17) is 9.84 Å².